The highest BCUT2D eigenvalue weighted by Gasteiger charge is 2.23. The summed E-state index contributed by atoms with van der Waals surface area (Å²) >= 11 is 0. The van der Waals surface area contributed by atoms with E-state index >= 15 is 0 Å². The van der Waals surface area contributed by atoms with Crippen molar-refractivity contribution in [1.82, 2.24) is 25.3 Å². The van der Waals surface area contributed by atoms with Crippen LogP contribution in [0, 0.1) is 0 Å². The van der Waals surface area contributed by atoms with E-state index in [2.05, 4.69) is 55.2 Å². The summed E-state index contributed by atoms with van der Waals surface area (Å²) in [4.78, 5) is 4.50. The number of hydrogen-bond acceptors (Lipinski definition) is 5. The van der Waals surface area contributed by atoms with Crippen LogP contribution in [0.15, 0.2) is 16.9 Å². The molecule has 0 aromatic carbocycles. The van der Waals surface area contributed by atoms with E-state index in [4.69, 9.17) is 4.42 Å². The van der Waals surface area contributed by atoms with Crippen molar-refractivity contribution in [2.45, 2.75) is 52.1 Å². The van der Waals surface area contributed by atoms with Gasteiger partial charge in [-0.05, 0) is 20.9 Å². The minimum absolute atomic E-state index is 0.0834. The molecule has 1 N–H and O–H groups in total. The fraction of sp³-hybridized carbons (Fsp3) is 0.643. The average molecular weight is 277 g/mol. The third-order valence-corrected chi connectivity index (χ3v) is 3.32. The lowest BCUT2D eigenvalue weighted by molar-refractivity contribution is 0.392. The van der Waals surface area contributed by atoms with Crippen LogP contribution in [-0.2, 0) is 17.5 Å². The molecular formula is C14H23N5O. The summed E-state index contributed by atoms with van der Waals surface area (Å²) in [5.74, 6) is 0.739. The number of nitrogens with zero attached hydrogens (tertiary/aromatic N) is 4. The molecule has 110 valence electrons. The van der Waals surface area contributed by atoms with Crippen molar-refractivity contribution in [2.24, 2.45) is 0 Å². The lowest BCUT2D eigenvalue weighted by Gasteiger charge is -2.20. The van der Waals surface area contributed by atoms with Crippen LogP contribution in [-0.4, -0.2) is 27.0 Å². The highest BCUT2D eigenvalue weighted by atomic mass is 16.3. The fourth-order valence-electron chi connectivity index (χ4n) is 1.68. The molecule has 0 atom stereocenters. The second kappa shape index (κ2) is 5.01. The summed E-state index contributed by atoms with van der Waals surface area (Å²) in [6, 6.07) is 0. The van der Waals surface area contributed by atoms with Crippen molar-refractivity contribution in [1.29, 1.82) is 0 Å². The molecule has 0 spiro atoms. The maximum Gasteiger partial charge on any atom is 0.199 e. The maximum atomic E-state index is 5.51. The Hall–Kier alpha value is -1.69. The van der Waals surface area contributed by atoms with Crippen molar-refractivity contribution in [3.05, 3.63) is 29.7 Å². The lowest BCUT2D eigenvalue weighted by Crippen LogP contribution is -2.33. The Morgan fingerprint density at radius 3 is 2.50 bits per heavy atom. The van der Waals surface area contributed by atoms with Crippen molar-refractivity contribution in [3.8, 4) is 0 Å². The average Bonchev–Trinajstić information content (AvgIpc) is 2.98. The molecule has 2 rings (SSSR count). The standard InChI is InChI=1S/C14H23N5O/c1-13(2,3)12-16-10(9-20-12)7-19-8-11(17-18-19)14(4,5)15-6/h8-9,15H,7H2,1-6H3. The van der Waals surface area contributed by atoms with E-state index in [0.717, 1.165) is 17.3 Å². The van der Waals surface area contributed by atoms with E-state index in [9.17, 15) is 0 Å². The van der Waals surface area contributed by atoms with Gasteiger partial charge in [0.05, 0.1) is 18.3 Å². The van der Waals surface area contributed by atoms with Gasteiger partial charge in [0, 0.05) is 5.41 Å². The molecule has 0 saturated heterocycles. The van der Waals surface area contributed by atoms with Crippen molar-refractivity contribution >= 4 is 0 Å². The van der Waals surface area contributed by atoms with Crippen LogP contribution >= 0.6 is 0 Å². The molecule has 0 unspecified atom stereocenters. The minimum Gasteiger partial charge on any atom is -0.448 e. The predicted molar refractivity (Wildman–Crippen MR) is 76.4 cm³/mol. The van der Waals surface area contributed by atoms with E-state index in [1.165, 1.54) is 0 Å². The Morgan fingerprint density at radius 2 is 1.95 bits per heavy atom. The molecule has 0 fully saturated rings. The molecule has 0 bridgehead atoms. The first kappa shape index (κ1) is 14.7. The summed E-state index contributed by atoms with van der Waals surface area (Å²) in [6.07, 6.45) is 3.62. The van der Waals surface area contributed by atoms with Gasteiger partial charge in [-0.25, -0.2) is 9.67 Å². The smallest absolute Gasteiger partial charge is 0.199 e. The molecule has 0 aliphatic carbocycles. The van der Waals surface area contributed by atoms with Gasteiger partial charge in [-0.3, -0.25) is 0 Å². The quantitative estimate of drug-likeness (QED) is 0.926. The van der Waals surface area contributed by atoms with Gasteiger partial charge in [0.1, 0.15) is 17.7 Å². The third kappa shape index (κ3) is 3.07. The van der Waals surface area contributed by atoms with Crippen molar-refractivity contribution in [2.75, 3.05) is 7.05 Å². The monoisotopic (exact) mass is 277 g/mol. The zero-order valence-corrected chi connectivity index (χ0v) is 13.1. The molecule has 2 aromatic rings. The fourth-order valence-corrected chi connectivity index (χ4v) is 1.68. The third-order valence-electron chi connectivity index (χ3n) is 3.32. The number of aromatic nitrogens is 4. The Bertz CT molecular complexity index is 576. The van der Waals surface area contributed by atoms with Gasteiger partial charge < -0.3 is 9.73 Å². The molecule has 6 nitrogen and oxygen atoms in total. The van der Waals surface area contributed by atoms with Crippen LogP contribution in [0.4, 0.5) is 0 Å². The molecule has 20 heavy (non-hydrogen) atoms. The number of oxazole rings is 1. The Kier molecular flexibility index (Phi) is 3.69. The highest BCUT2D eigenvalue weighted by Crippen LogP contribution is 2.21. The summed E-state index contributed by atoms with van der Waals surface area (Å²) in [7, 11) is 1.91. The first-order valence-electron chi connectivity index (χ1n) is 6.77. The molecular weight excluding hydrogens is 254 g/mol. The zero-order chi connectivity index (χ0) is 15.0. The van der Waals surface area contributed by atoms with Gasteiger partial charge in [-0.15, -0.1) is 5.10 Å². The normalized spacial score (nSPS) is 12.9. The van der Waals surface area contributed by atoms with E-state index in [1.807, 2.05) is 13.2 Å². The number of nitrogens with one attached hydrogen (secondary N) is 1. The number of rotatable bonds is 4. The van der Waals surface area contributed by atoms with E-state index in [1.54, 1.807) is 10.9 Å². The summed E-state index contributed by atoms with van der Waals surface area (Å²) in [5.41, 5.74) is 1.48. The second-order valence-corrected chi connectivity index (χ2v) is 6.57. The molecule has 0 amide bonds. The Balaban J connectivity index is 2.13. The minimum atomic E-state index is -0.196. The summed E-state index contributed by atoms with van der Waals surface area (Å²) in [5, 5.41) is 11.6. The van der Waals surface area contributed by atoms with Crippen LogP contribution in [0.3, 0.4) is 0 Å². The topological polar surface area (TPSA) is 68.8 Å². The van der Waals surface area contributed by atoms with E-state index < -0.39 is 0 Å². The van der Waals surface area contributed by atoms with Gasteiger partial charge in [0.15, 0.2) is 5.89 Å². The molecule has 2 aromatic heterocycles. The number of hydrogen-bond donors (Lipinski definition) is 1. The van der Waals surface area contributed by atoms with Gasteiger partial charge in [-0.2, -0.15) is 0 Å². The molecule has 0 aliphatic rings. The lowest BCUT2D eigenvalue weighted by atomic mass is 9.97. The van der Waals surface area contributed by atoms with Crippen LogP contribution in [0.1, 0.15) is 51.9 Å². The van der Waals surface area contributed by atoms with Crippen molar-refractivity contribution < 1.29 is 4.42 Å². The molecule has 0 radical (unpaired) electrons. The van der Waals surface area contributed by atoms with E-state index in [0.29, 0.717) is 6.54 Å². The largest absolute Gasteiger partial charge is 0.448 e. The van der Waals surface area contributed by atoms with Gasteiger partial charge in [-0.1, -0.05) is 26.0 Å². The van der Waals surface area contributed by atoms with Crippen LogP contribution in [0.2, 0.25) is 0 Å². The molecule has 2 heterocycles. The van der Waals surface area contributed by atoms with Gasteiger partial charge in [0.2, 0.25) is 0 Å². The first-order chi connectivity index (χ1) is 9.22. The van der Waals surface area contributed by atoms with Gasteiger partial charge in [0.25, 0.3) is 0 Å². The van der Waals surface area contributed by atoms with Gasteiger partial charge >= 0.3 is 0 Å². The van der Waals surface area contributed by atoms with E-state index in [-0.39, 0.29) is 11.0 Å². The Labute approximate surface area is 119 Å². The van der Waals surface area contributed by atoms with Crippen molar-refractivity contribution in [3.63, 3.8) is 0 Å². The first-order valence-corrected chi connectivity index (χ1v) is 6.77. The second-order valence-electron chi connectivity index (χ2n) is 6.57. The highest BCUT2D eigenvalue weighted by molar-refractivity contribution is 5.09. The van der Waals surface area contributed by atoms with Crippen LogP contribution in [0.5, 0.6) is 0 Å². The summed E-state index contributed by atoms with van der Waals surface area (Å²) in [6.45, 7) is 10.9. The SMILES string of the molecule is CNC(C)(C)c1cn(Cc2coc(C(C)(C)C)n2)nn1. The predicted octanol–water partition coefficient (Wildman–Crippen LogP) is 2.07. The zero-order valence-electron chi connectivity index (χ0n) is 13.1. The molecule has 6 heteroatoms. The molecule has 0 aliphatic heterocycles. The Morgan fingerprint density at radius 1 is 1.25 bits per heavy atom. The summed E-state index contributed by atoms with van der Waals surface area (Å²) < 4.78 is 7.29. The van der Waals surface area contributed by atoms with Crippen LogP contribution < -0.4 is 5.32 Å². The molecule has 0 saturated carbocycles. The maximum absolute atomic E-state index is 5.51. The van der Waals surface area contributed by atoms with Crippen LogP contribution in [0.25, 0.3) is 0 Å².